The van der Waals surface area contributed by atoms with E-state index in [-0.39, 0.29) is 40.4 Å². The van der Waals surface area contributed by atoms with E-state index in [1.807, 2.05) is 30.3 Å². The maximum absolute atomic E-state index is 14.0. The summed E-state index contributed by atoms with van der Waals surface area (Å²) < 4.78 is -0.607. The number of likely N-dealkylation sites (tertiary alicyclic amines) is 1. The van der Waals surface area contributed by atoms with E-state index < -0.39 is 22.6 Å². The van der Waals surface area contributed by atoms with Crippen LogP contribution in [-0.2, 0) is 14.4 Å². The van der Waals surface area contributed by atoms with Gasteiger partial charge in [0.1, 0.15) is 6.04 Å². The van der Waals surface area contributed by atoms with Crippen LogP contribution >= 0.6 is 27.7 Å². The van der Waals surface area contributed by atoms with Crippen molar-refractivity contribution in [3.63, 3.8) is 0 Å². The van der Waals surface area contributed by atoms with Gasteiger partial charge in [0.2, 0.25) is 17.7 Å². The summed E-state index contributed by atoms with van der Waals surface area (Å²) in [6, 6.07) is 8.94. The van der Waals surface area contributed by atoms with Gasteiger partial charge < -0.3 is 20.6 Å². The topological polar surface area (TPSA) is 98.7 Å². The summed E-state index contributed by atoms with van der Waals surface area (Å²) in [6.07, 6.45) is 8.32. The molecule has 1 aromatic rings. The van der Waals surface area contributed by atoms with E-state index in [9.17, 15) is 19.5 Å². The number of thioether (sulfide) groups is 1. The lowest BCUT2D eigenvalue weighted by Crippen LogP contribution is -2.56. The molecule has 2 bridgehead atoms. The van der Waals surface area contributed by atoms with Crippen molar-refractivity contribution in [3.05, 3.63) is 30.3 Å². The Hall–Kier alpha value is -1.58. The van der Waals surface area contributed by atoms with Crippen LogP contribution in [0.1, 0.15) is 57.8 Å². The summed E-state index contributed by atoms with van der Waals surface area (Å²) >= 11 is 5.50. The highest BCUT2D eigenvalue weighted by Crippen LogP contribution is 2.67. The molecule has 1 aromatic carbocycles. The third-order valence-corrected chi connectivity index (χ3v) is 11.6. The van der Waals surface area contributed by atoms with Crippen LogP contribution in [-0.4, -0.2) is 67.8 Å². The van der Waals surface area contributed by atoms with Gasteiger partial charge in [0.05, 0.1) is 16.6 Å². The van der Waals surface area contributed by atoms with Crippen molar-refractivity contribution in [2.75, 3.05) is 18.5 Å². The van der Waals surface area contributed by atoms with Crippen molar-refractivity contribution in [1.82, 2.24) is 10.2 Å². The van der Waals surface area contributed by atoms with Crippen LogP contribution in [0.4, 0.5) is 5.69 Å². The number of para-hydroxylation sites is 1. The monoisotopic (exact) mass is 577 g/mol. The van der Waals surface area contributed by atoms with E-state index in [2.05, 4.69) is 26.6 Å². The summed E-state index contributed by atoms with van der Waals surface area (Å²) in [4.78, 5) is 43.3. The lowest BCUT2D eigenvalue weighted by molar-refractivity contribution is -0.139. The number of aliphatic hydroxyl groups excluding tert-OH is 1. The van der Waals surface area contributed by atoms with Gasteiger partial charge >= 0.3 is 0 Å². The standard InChI is InChI=1S/C27H36BrN3O4S/c28-19-16-27-21(20(22(19)36-27)24(33)29-17-10-4-1-5-11-17)26(35)31(14-8-3-9-15-32)23(27)25(34)30-18-12-6-2-7-13-18/h1,4-5,10-11,18-23,32H,2-3,6-9,12-16H2,(H,29,33)(H,30,34)/t19?,20-,21-,22-,23?,27?/m0/s1. The number of carbonyl (C=O) groups excluding carboxylic acids is 3. The molecule has 3 heterocycles. The number of alkyl halides is 1. The minimum Gasteiger partial charge on any atom is -0.396 e. The van der Waals surface area contributed by atoms with Gasteiger partial charge in [-0.15, -0.1) is 11.8 Å². The van der Waals surface area contributed by atoms with Crippen LogP contribution < -0.4 is 10.6 Å². The van der Waals surface area contributed by atoms with Crippen LogP contribution in [0.5, 0.6) is 0 Å². The Labute approximate surface area is 225 Å². The molecule has 0 aromatic heterocycles. The van der Waals surface area contributed by atoms with E-state index in [1.54, 1.807) is 16.7 Å². The molecule has 6 atom stereocenters. The van der Waals surface area contributed by atoms with Crippen LogP contribution in [0.2, 0.25) is 0 Å². The fourth-order valence-corrected chi connectivity index (χ4v) is 10.4. The Balaban J connectivity index is 1.43. The molecule has 9 heteroatoms. The largest absolute Gasteiger partial charge is 0.396 e. The Kier molecular flexibility index (Phi) is 7.98. The smallest absolute Gasteiger partial charge is 0.244 e. The number of carbonyl (C=O) groups is 3. The van der Waals surface area contributed by atoms with Crippen LogP contribution in [0.3, 0.4) is 0 Å². The van der Waals surface area contributed by atoms with Crippen LogP contribution in [0, 0.1) is 11.8 Å². The van der Waals surface area contributed by atoms with Crippen molar-refractivity contribution in [1.29, 1.82) is 0 Å². The molecule has 3 aliphatic heterocycles. The number of nitrogens with one attached hydrogen (secondary N) is 2. The van der Waals surface area contributed by atoms with Crippen molar-refractivity contribution in [2.45, 2.75) is 84.7 Å². The molecule has 1 saturated carbocycles. The van der Waals surface area contributed by atoms with Gasteiger partial charge in [0.15, 0.2) is 0 Å². The van der Waals surface area contributed by atoms with E-state index in [0.717, 1.165) is 38.5 Å². The molecule has 7 nitrogen and oxygen atoms in total. The lowest BCUT2D eigenvalue weighted by Gasteiger charge is -2.36. The summed E-state index contributed by atoms with van der Waals surface area (Å²) in [6.45, 7) is 0.599. The Morgan fingerprint density at radius 2 is 1.83 bits per heavy atom. The molecule has 4 fully saturated rings. The van der Waals surface area contributed by atoms with Gasteiger partial charge in [-0.05, 0) is 50.7 Å². The number of amides is 3. The third-order valence-electron chi connectivity index (χ3n) is 8.39. The first kappa shape index (κ1) is 26.0. The summed E-state index contributed by atoms with van der Waals surface area (Å²) in [7, 11) is 0. The zero-order valence-electron chi connectivity index (χ0n) is 20.5. The average molecular weight is 579 g/mol. The number of anilines is 1. The first-order valence-corrected chi connectivity index (χ1v) is 15.2. The van der Waals surface area contributed by atoms with Crippen molar-refractivity contribution < 1.29 is 19.5 Å². The molecule has 3 N–H and O–H groups in total. The highest BCUT2D eigenvalue weighted by atomic mass is 79.9. The molecule has 36 heavy (non-hydrogen) atoms. The van der Waals surface area contributed by atoms with Crippen molar-refractivity contribution in [3.8, 4) is 0 Å². The van der Waals surface area contributed by atoms with Crippen LogP contribution in [0.25, 0.3) is 0 Å². The molecular weight excluding hydrogens is 542 g/mol. The van der Waals surface area contributed by atoms with E-state index in [0.29, 0.717) is 25.1 Å². The van der Waals surface area contributed by atoms with Gasteiger partial charge in [0.25, 0.3) is 0 Å². The second kappa shape index (κ2) is 11.0. The second-order valence-corrected chi connectivity index (χ2v) is 13.4. The molecule has 196 valence electrons. The third kappa shape index (κ3) is 4.71. The highest BCUT2D eigenvalue weighted by Gasteiger charge is 2.75. The Morgan fingerprint density at radius 3 is 2.56 bits per heavy atom. The zero-order valence-corrected chi connectivity index (χ0v) is 22.9. The zero-order chi connectivity index (χ0) is 25.3. The molecule has 3 unspecified atom stereocenters. The molecule has 5 rings (SSSR count). The summed E-state index contributed by atoms with van der Waals surface area (Å²) in [5, 5.41) is 15.5. The van der Waals surface area contributed by atoms with E-state index in [1.165, 1.54) is 6.42 Å². The van der Waals surface area contributed by atoms with Gasteiger partial charge in [-0.1, -0.05) is 53.4 Å². The minimum absolute atomic E-state index is 0.0517. The van der Waals surface area contributed by atoms with E-state index >= 15 is 0 Å². The molecule has 3 amide bonds. The Bertz CT molecular complexity index is 975. The number of nitrogens with zero attached hydrogens (tertiary/aromatic N) is 1. The van der Waals surface area contributed by atoms with Crippen LogP contribution in [0.15, 0.2) is 30.3 Å². The van der Waals surface area contributed by atoms with Crippen molar-refractivity contribution >= 4 is 51.1 Å². The maximum atomic E-state index is 14.0. The molecular formula is C27H36BrN3O4S. The fraction of sp³-hybridized carbons (Fsp3) is 0.667. The number of rotatable bonds is 9. The molecule has 0 radical (unpaired) electrons. The van der Waals surface area contributed by atoms with Gasteiger partial charge in [-0.25, -0.2) is 0 Å². The first-order chi connectivity index (χ1) is 17.5. The van der Waals surface area contributed by atoms with Crippen molar-refractivity contribution in [2.24, 2.45) is 11.8 Å². The number of fused-ring (bicyclic) bond motifs is 1. The predicted molar refractivity (Wildman–Crippen MR) is 145 cm³/mol. The molecule has 4 aliphatic rings. The molecule has 1 spiro atoms. The summed E-state index contributed by atoms with van der Waals surface area (Å²) in [5.74, 6) is -1.27. The number of benzene rings is 1. The maximum Gasteiger partial charge on any atom is 0.244 e. The number of aliphatic hydroxyl groups is 1. The number of hydrogen-bond acceptors (Lipinski definition) is 5. The molecule has 3 saturated heterocycles. The van der Waals surface area contributed by atoms with Gasteiger partial charge in [0, 0.05) is 35.0 Å². The fourth-order valence-electron chi connectivity index (χ4n) is 6.82. The lowest BCUT2D eigenvalue weighted by atomic mass is 9.70. The highest BCUT2D eigenvalue weighted by molar-refractivity contribution is 9.09. The van der Waals surface area contributed by atoms with E-state index in [4.69, 9.17) is 0 Å². The second-order valence-electron chi connectivity index (χ2n) is 10.7. The normalized spacial score (nSPS) is 33.6. The van der Waals surface area contributed by atoms with Gasteiger partial charge in [-0.3, -0.25) is 14.4 Å². The Morgan fingerprint density at radius 1 is 1.08 bits per heavy atom. The quantitative estimate of drug-likeness (QED) is 0.307. The number of unbranched alkanes of at least 4 members (excludes halogenated alkanes) is 2. The average Bonchev–Trinajstić information content (AvgIpc) is 3.46. The predicted octanol–water partition coefficient (Wildman–Crippen LogP) is 3.70. The molecule has 1 aliphatic carbocycles. The number of hydrogen-bond donors (Lipinski definition) is 3. The van der Waals surface area contributed by atoms with Gasteiger partial charge in [-0.2, -0.15) is 0 Å². The minimum atomic E-state index is -0.607. The SMILES string of the molecule is O=C(NC1CCCCC1)C1N(CCCCCO)C(=O)[C@@H]2[C@H](C(=O)Nc3ccccc3)[C@H]3SC12CC3Br. The number of halogens is 1. The summed E-state index contributed by atoms with van der Waals surface area (Å²) in [5.41, 5.74) is 0.716. The first-order valence-electron chi connectivity index (χ1n) is 13.4.